The van der Waals surface area contributed by atoms with Gasteiger partial charge in [-0.25, -0.2) is 13.1 Å². The van der Waals surface area contributed by atoms with Gasteiger partial charge in [0.05, 0.1) is 11.5 Å². The molecule has 0 atom stereocenters. The number of nitrogens with zero attached hydrogens (tertiary/aromatic N) is 1. The van der Waals surface area contributed by atoms with Gasteiger partial charge >= 0.3 is 0 Å². The molecule has 0 aliphatic rings. The molecule has 6 heteroatoms. The third kappa shape index (κ3) is 4.10. The van der Waals surface area contributed by atoms with E-state index < -0.39 is 10.0 Å². The van der Waals surface area contributed by atoms with Gasteiger partial charge in [-0.05, 0) is 54.3 Å². The van der Waals surface area contributed by atoms with Crippen molar-refractivity contribution in [3.63, 3.8) is 0 Å². The summed E-state index contributed by atoms with van der Waals surface area (Å²) in [7, 11) is -3.56. The summed E-state index contributed by atoms with van der Waals surface area (Å²) in [6, 6.07) is 8.45. The van der Waals surface area contributed by atoms with Gasteiger partial charge in [0.15, 0.2) is 0 Å². The molecule has 0 amide bonds. The maximum absolute atomic E-state index is 12.2. The first-order valence-corrected chi connectivity index (χ1v) is 8.10. The third-order valence-corrected chi connectivity index (χ3v) is 4.72. The number of sulfonamides is 1. The summed E-state index contributed by atoms with van der Waals surface area (Å²) in [5.41, 5.74) is 2.51. The molecule has 0 saturated heterocycles. The van der Waals surface area contributed by atoms with Crippen LogP contribution in [0.4, 0.5) is 0 Å². The van der Waals surface area contributed by atoms with Crippen molar-refractivity contribution < 1.29 is 13.5 Å². The van der Waals surface area contributed by atoms with Gasteiger partial charge < -0.3 is 5.11 Å². The maximum Gasteiger partial charge on any atom is 0.240 e. The summed E-state index contributed by atoms with van der Waals surface area (Å²) < 4.78 is 27.0. The predicted octanol–water partition coefficient (Wildman–Crippen LogP) is 1.40. The van der Waals surface area contributed by atoms with Crippen molar-refractivity contribution in [2.75, 3.05) is 6.54 Å². The molecule has 1 aromatic carbocycles. The van der Waals surface area contributed by atoms with E-state index in [1.165, 1.54) is 6.07 Å². The molecular weight excluding hydrogens is 288 g/mol. The summed E-state index contributed by atoms with van der Waals surface area (Å²) in [6.07, 6.45) is 3.95. The SMILES string of the molecule is Cc1ccc(S(=O)(=O)NCCc2ccncc2)cc1CO. The fourth-order valence-corrected chi connectivity index (χ4v) is 3.03. The van der Waals surface area contributed by atoms with Crippen molar-refractivity contribution in [2.45, 2.75) is 24.8 Å². The number of pyridine rings is 1. The molecule has 0 spiro atoms. The van der Waals surface area contributed by atoms with Gasteiger partial charge in [-0.1, -0.05) is 6.07 Å². The standard InChI is InChI=1S/C15H18N2O3S/c1-12-2-3-15(10-14(12)11-18)21(19,20)17-9-6-13-4-7-16-8-5-13/h2-5,7-8,10,17-18H,6,9,11H2,1H3. The number of aliphatic hydroxyl groups excluding tert-OH is 1. The first kappa shape index (κ1) is 15.6. The Kier molecular flexibility index (Phi) is 5.06. The van der Waals surface area contributed by atoms with Crippen LogP contribution in [-0.4, -0.2) is 25.1 Å². The second-order valence-electron chi connectivity index (χ2n) is 4.75. The highest BCUT2D eigenvalue weighted by Crippen LogP contribution is 2.15. The van der Waals surface area contributed by atoms with Gasteiger partial charge in [0.2, 0.25) is 10.0 Å². The molecule has 0 aliphatic carbocycles. The monoisotopic (exact) mass is 306 g/mol. The molecule has 112 valence electrons. The Labute approximate surface area is 124 Å². The van der Waals surface area contributed by atoms with Crippen LogP contribution in [0.25, 0.3) is 0 Å². The number of rotatable bonds is 6. The fraction of sp³-hybridized carbons (Fsp3) is 0.267. The Morgan fingerprint density at radius 1 is 1.19 bits per heavy atom. The van der Waals surface area contributed by atoms with E-state index in [0.717, 1.165) is 11.1 Å². The minimum Gasteiger partial charge on any atom is -0.392 e. The van der Waals surface area contributed by atoms with Crippen molar-refractivity contribution in [1.29, 1.82) is 0 Å². The van der Waals surface area contributed by atoms with Gasteiger partial charge in [0.1, 0.15) is 0 Å². The van der Waals surface area contributed by atoms with E-state index in [2.05, 4.69) is 9.71 Å². The van der Waals surface area contributed by atoms with Crippen LogP contribution < -0.4 is 4.72 Å². The Bertz CT molecular complexity index is 700. The van der Waals surface area contributed by atoms with Crippen LogP contribution in [-0.2, 0) is 23.1 Å². The fourth-order valence-electron chi connectivity index (χ4n) is 1.95. The molecular formula is C15H18N2O3S. The minimum atomic E-state index is -3.56. The summed E-state index contributed by atoms with van der Waals surface area (Å²) >= 11 is 0. The van der Waals surface area contributed by atoms with Crippen LogP contribution in [0.2, 0.25) is 0 Å². The van der Waals surface area contributed by atoms with Gasteiger partial charge in [-0.2, -0.15) is 0 Å². The minimum absolute atomic E-state index is 0.173. The number of aryl methyl sites for hydroxylation is 1. The van der Waals surface area contributed by atoms with Gasteiger partial charge in [0, 0.05) is 18.9 Å². The number of aromatic nitrogens is 1. The van der Waals surface area contributed by atoms with Crippen molar-refractivity contribution in [2.24, 2.45) is 0 Å². The van der Waals surface area contributed by atoms with Crippen LogP contribution >= 0.6 is 0 Å². The molecule has 5 nitrogen and oxygen atoms in total. The highest BCUT2D eigenvalue weighted by atomic mass is 32.2. The molecule has 21 heavy (non-hydrogen) atoms. The third-order valence-electron chi connectivity index (χ3n) is 3.26. The Hall–Kier alpha value is -1.76. The smallest absolute Gasteiger partial charge is 0.240 e. The normalized spacial score (nSPS) is 11.5. The molecule has 2 N–H and O–H groups in total. The molecule has 0 bridgehead atoms. The van der Waals surface area contributed by atoms with E-state index >= 15 is 0 Å². The summed E-state index contributed by atoms with van der Waals surface area (Å²) in [5, 5.41) is 9.21. The Morgan fingerprint density at radius 2 is 1.90 bits per heavy atom. The van der Waals surface area contributed by atoms with E-state index in [-0.39, 0.29) is 11.5 Å². The molecule has 0 radical (unpaired) electrons. The topological polar surface area (TPSA) is 79.3 Å². The predicted molar refractivity (Wildman–Crippen MR) is 80.2 cm³/mol. The van der Waals surface area contributed by atoms with E-state index in [1.807, 2.05) is 19.1 Å². The van der Waals surface area contributed by atoms with Crippen LogP contribution in [0, 0.1) is 6.92 Å². The second-order valence-corrected chi connectivity index (χ2v) is 6.52. The summed E-state index contributed by atoms with van der Waals surface area (Å²) in [4.78, 5) is 4.09. The molecule has 0 fully saturated rings. The Morgan fingerprint density at radius 3 is 2.57 bits per heavy atom. The molecule has 0 aliphatic heterocycles. The second kappa shape index (κ2) is 6.80. The average molecular weight is 306 g/mol. The molecule has 2 rings (SSSR count). The number of hydrogen-bond acceptors (Lipinski definition) is 4. The van der Waals surface area contributed by atoms with Crippen LogP contribution in [0.15, 0.2) is 47.6 Å². The average Bonchev–Trinajstić information content (AvgIpc) is 2.48. The quantitative estimate of drug-likeness (QED) is 0.845. The van der Waals surface area contributed by atoms with Crippen molar-refractivity contribution in [3.05, 3.63) is 59.4 Å². The Balaban J connectivity index is 2.05. The molecule has 0 saturated carbocycles. The van der Waals surface area contributed by atoms with E-state index in [9.17, 15) is 13.5 Å². The lowest BCUT2D eigenvalue weighted by molar-refractivity contribution is 0.280. The van der Waals surface area contributed by atoms with E-state index in [4.69, 9.17) is 0 Å². The molecule has 1 heterocycles. The van der Waals surface area contributed by atoms with E-state index in [1.54, 1.807) is 24.5 Å². The zero-order valence-corrected chi connectivity index (χ0v) is 12.6. The van der Waals surface area contributed by atoms with Crippen molar-refractivity contribution in [1.82, 2.24) is 9.71 Å². The van der Waals surface area contributed by atoms with Crippen molar-refractivity contribution in [3.8, 4) is 0 Å². The zero-order valence-electron chi connectivity index (χ0n) is 11.8. The van der Waals surface area contributed by atoms with Crippen molar-refractivity contribution >= 4 is 10.0 Å². The highest BCUT2D eigenvalue weighted by Gasteiger charge is 2.14. The lowest BCUT2D eigenvalue weighted by Crippen LogP contribution is -2.26. The van der Waals surface area contributed by atoms with Gasteiger partial charge in [-0.3, -0.25) is 4.98 Å². The molecule has 0 unspecified atom stereocenters. The molecule has 1 aromatic heterocycles. The first-order chi connectivity index (χ1) is 10.0. The van der Waals surface area contributed by atoms with Gasteiger partial charge in [0.25, 0.3) is 0 Å². The number of aliphatic hydroxyl groups is 1. The zero-order chi connectivity index (χ0) is 15.3. The van der Waals surface area contributed by atoms with Gasteiger partial charge in [-0.15, -0.1) is 0 Å². The number of nitrogens with one attached hydrogen (secondary N) is 1. The summed E-state index contributed by atoms with van der Waals surface area (Å²) in [5.74, 6) is 0. The maximum atomic E-state index is 12.2. The number of hydrogen-bond donors (Lipinski definition) is 2. The van der Waals surface area contributed by atoms with Crippen LogP contribution in [0.5, 0.6) is 0 Å². The highest BCUT2D eigenvalue weighted by molar-refractivity contribution is 7.89. The first-order valence-electron chi connectivity index (χ1n) is 6.62. The summed E-state index contributed by atoms with van der Waals surface area (Å²) in [6.45, 7) is 1.97. The number of benzene rings is 1. The largest absolute Gasteiger partial charge is 0.392 e. The van der Waals surface area contributed by atoms with E-state index in [0.29, 0.717) is 18.5 Å². The lowest BCUT2D eigenvalue weighted by atomic mass is 10.1. The molecule has 2 aromatic rings. The lowest BCUT2D eigenvalue weighted by Gasteiger charge is -2.09. The van der Waals surface area contributed by atoms with Crippen LogP contribution in [0.3, 0.4) is 0 Å². The van der Waals surface area contributed by atoms with Crippen LogP contribution in [0.1, 0.15) is 16.7 Å².